The molecule has 1 heterocycles. The molecule has 0 radical (unpaired) electrons. The number of benzene rings is 3. The predicted molar refractivity (Wildman–Crippen MR) is 131 cm³/mol. The van der Waals surface area contributed by atoms with Crippen LogP contribution in [-0.4, -0.2) is 29.1 Å². The number of H-pyrrole nitrogens is 1. The van der Waals surface area contributed by atoms with E-state index in [0.29, 0.717) is 15.9 Å². The molecule has 0 saturated heterocycles. The highest BCUT2D eigenvalue weighted by Gasteiger charge is 2.41. The highest BCUT2D eigenvalue weighted by atomic mass is 35.5. The second kappa shape index (κ2) is 9.79. The summed E-state index contributed by atoms with van der Waals surface area (Å²) in [5.74, 6) is 0.0790. The number of aromatic nitrogens is 2. The molecule has 33 heavy (non-hydrogen) atoms. The van der Waals surface area contributed by atoms with Gasteiger partial charge in [-0.05, 0) is 28.8 Å². The van der Waals surface area contributed by atoms with E-state index in [-0.39, 0.29) is 6.42 Å². The fourth-order valence-corrected chi connectivity index (χ4v) is 4.75. The number of aromatic amines is 1. The van der Waals surface area contributed by atoms with Crippen molar-refractivity contribution in [1.29, 1.82) is 0 Å². The maximum absolute atomic E-state index is 11.8. The molecule has 1 atom stereocenters. The normalized spacial score (nSPS) is 12.4. The third-order valence-corrected chi connectivity index (χ3v) is 6.25. The van der Waals surface area contributed by atoms with Crippen molar-refractivity contribution in [3.05, 3.63) is 123 Å². The van der Waals surface area contributed by atoms with Crippen LogP contribution in [0.2, 0.25) is 10.0 Å². The van der Waals surface area contributed by atoms with Gasteiger partial charge in [-0.15, -0.1) is 0 Å². The fraction of sp³-hybridized carbons (Fsp3) is 0.154. The van der Waals surface area contributed by atoms with Crippen LogP contribution >= 0.6 is 23.2 Å². The van der Waals surface area contributed by atoms with Gasteiger partial charge in [0, 0.05) is 22.7 Å². The molecule has 1 aromatic heterocycles. The van der Waals surface area contributed by atoms with Gasteiger partial charge in [-0.1, -0.05) is 89.9 Å². The maximum atomic E-state index is 11.8. The summed E-state index contributed by atoms with van der Waals surface area (Å²) in [6.45, 7) is 0. The standard InChI is InChI=1S/C26H23Cl2N3O2/c1-33-25(32)22(29)15-24-30-16-23(31-24)26(17-8-4-2-5-9-17,18-10-6-3-7-11-18)20-13-12-19(27)14-21(20)28/h2-14,16,22H,15,29H2,1H3,(H,30,31). The molecule has 0 fully saturated rings. The number of hydrogen-bond acceptors (Lipinski definition) is 4. The van der Waals surface area contributed by atoms with Gasteiger partial charge in [0.1, 0.15) is 11.9 Å². The minimum Gasteiger partial charge on any atom is -0.468 e. The van der Waals surface area contributed by atoms with Crippen LogP contribution < -0.4 is 5.73 Å². The van der Waals surface area contributed by atoms with E-state index in [1.165, 1.54) is 7.11 Å². The summed E-state index contributed by atoms with van der Waals surface area (Å²) in [7, 11) is 1.31. The smallest absolute Gasteiger partial charge is 0.323 e. The number of carbonyl (C=O) groups excluding carboxylic acids is 1. The molecular formula is C26H23Cl2N3O2. The lowest BCUT2D eigenvalue weighted by molar-refractivity contribution is -0.142. The number of imidazole rings is 1. The number of halogens is 2. The lowest BCUT2D eigenvalue weighted by Gasteiger charge is -2.35. The summed E-state index contributed by atoms with van der Waals surface area (Å²) in [4.78, 5) is 19.8. The van der Waals surface area contributed by atoms with E-state index >= 15 is 0 Å². The second-order valence-corrected chi connectivity index (χ2v) is 8.53. The van der Waals surface area contributed by atoms with Crippen LogP contribution in [0.15, 0.2) is 85.1 Å². The SMILES string of the molecule is COC(=O)C(N)Cc1ncc(C(c2ccccc2)(c2ccccc2)c2ccc(Cl)cc2Cl)[nH]1. The molecule has 0 saturated carbocycles. The Morgan fingerprint density at radius 2 is 1.64 bits per heavy atom. The van der Waals surface area contributed by atoms with Gasteiger partial charge in [0.25, 0.3) is 0 Å². The number of nitrogens with zero attached hydrogens (tertiary/aromatic N) is 1. The van der Waals surface area contributed by atoms with Crippen molar-refractivity contribution >= 4 is 29.2 Å². The molecule has 1 unspecified atom stereocenters. The number of rotatable bonds is 7. The lowest BCUT2D eigenvalue weighted by Crippen LogP contribution is -2.34. The first-order chi connectivity index (χ1) is 16.0. The summed E-state index contributed by atoms with van der Waals surface area (Å²) in [5, 5.41) is 1.07. The average molecular weight is 480 g/mol. The molecule has 0 spiro atoms. The first-order valence-corrected chi connectivity index (χ1v) is 11.2. The van der Waals surface area contributed by atoms with Crippen LogP contribution in [0.3, 0.4) is 0 Å². The zero-order chi connectivity index (χ0) is 23.4. The zero-order valence-electron chi connectivity index (χ0n) is 18.0. The third kappa shape index (κ3) is 4.40. The van der Waals surface area contributed by atoms with Crippen molar-refractivity contribution in [1.82, 2.24) is 9.97 Å². The van der Waals surface area contributed by atoms with Crippen LogP contribution in [0.1, 0.15) is 28.2 Å². The van der Waals surface area contributed by atoms with Crippen molar-refractivity contribution in [3.63, 3.8) is 0 Å². The lowest BCUT2D eigenvalue weighted by atomic mass is 9.67. The van der Waals surface area contributed by atoms with Gasteiger partial charge in [-0.2, -0.15) is 0 Å². The summed E-state index contributed by atoms with van der Waals surface area (Å²) < 4.78 is 4.76. The molecule has 5 nitrogen and oxygen atoms in total. The molecule has 7 heteroatoms. The number of nitrogens with one attached hydrogen (secondary N) is 1. The van der Waals surface area contributed by atoms with E-state index < -0.39 is 17.4 Å². The maximum Gasteiger partial charge on any atom is 0.323 e. The van der Waals surface area contributed by atoms with E-state index in [1.54, 1.807) is 12.3 Å². The largest absolute Gasteiger partial charge is 0.468 e. The first kappa shape index (κ1) is 23.1. The van der Waals surface area contributed by atoms with Gasteiger partial charge >= 0.3 is 5.97 Å². The van der Waals surface area contributed by atoms with Crippen LogP contribution in [-0.2, 0) is 21.4 Å². The van der Waals surface area contributed by atoms with Gasteiger partial charge < -0.3 is 15.5 Å². The average Bonchev–Trinajstić information content (AvgIpc) is 3.30. The van der Waals surface area contributed by atoms with Gasteiger partial charge in [0.05, 0.1) is 18.2 Å². The number of carbonyl (C=O) groups is 1. The van der Waals surface area contributed by atoms with E-state index in [2.05, 4.69) is 34.2 Å². The summed E-state index contributed by atoms with van der Waals surface area (Å²) >= 11 is 13.1. The molecule has 3 aromatic carbocycles. The van der Waals surface area contributed by atoms with Gasteiger partial charge in [-0.25, -0.2) is 4.98 Å². The van der Waals surface area contributed by atoms with Gasteiger partial charge in [0.15, 0.2) is 0 Å². The summed E-state index contributed by atoms with van der Waals surface area (Å²) in [6.07, 6.45) is 1.98. The Balaban J connectivity index is 1.98. The zero-order valence-corrected chi connectivity index (χ0v) is 19.5. The Bertz CT molecular complexity index is 1200. The monoisotopic (exact) mass is 479 g/mol. The molecule has 0 bridgehead atoms. The number of hydrogen-bond donors (Lipinski definition) is 2. The number of methoxy groups -OCH3 is 1. The minimum atomic E-state index is -0.823. The Hall–Kier alpha value is -3.12. The second-order valence-electron chi connectivity index (χ2n) is 7.68. The Morgan fingerprint density at radius 3 is 2.18 bits per heavy atom. The van der Waals surface area contributed by atoms with Gasteiger partial charge in [-0.3, -0.25) is 4.79 Å². The van der Waals surface area contributed by atoms with Crippen molar-refractivity contribution in [2.75, 3.05) is 7.11 Å². The van der Waals surface area contributed by atoms with Crippen LogP contribution in [0.5, 0.6) is 0 Å². The Labute approximate surface area is 202 Å². The Morgan fingerprint density at radius 1 is 1.03 bits per heavy atom. The molecule has 3 N–H and O–H groups in total. The van der Waals surface area contributed by atoms with Crippen molar-refractivity contribution in [3.8, 4) is 0 Å². The molecular weight excluding hydrogens is 457 g/mol. The third-order valence-electron chi connectivity index (χ3n) is 5.70. The fourth-order valence-electron chi connectivity index (χ4n) is 4.20. The highest BCUT2D eigenvalue weighted by molar-refractivity contribution is 6.35. The quantitative estimate of drug-likeness (QED) is 0.284. The van der Waals surface area contributed by atoms with Crippen molar-refractivity contribution in [2.45, 2.75) is 17.9 Å². The summed E-state index contributed by atoms with van der Waals surface area (Å²) in [6, 6.07) is 24.8. The number of esters is 1. The minimum absolute atomic E-state index is 0.209. The first-order valence-electron chi connectivity index (χ1n) is 10.4. The van der Waals surface area contributed by atoms with Gasteiger partial charge in [0.2, 0.25) is 0 Å². The Kier molecular flexibility index (Phi) is 6.84. The van der Waals surface area contributed by atoms with E-state index in [1.807, 2.05) is 48.5 Å². The van der Waals surface area contributed by atoms with E-state index in [4.69, 9.17) is 33.7 Å². The van der Waals surface area contributed by atoms with E-state index in [9.17, 15) is 4.79 Å². The molecule has 0 amide bonds. The predicted octanol–water partition coefficient (Wildman–Crippen LogP) is 5.14. The van der Waals surface area contributed by atoms with Crippen molar-refractivity contribution < 1.29 is 9.53 Å². The summed E-state index contributed by atoms with van der Waals surface area (Å²) in [5.41, 5.74) is 8.79. The number of nitrogens with two attached hydrogens (primary N) is 1. The molecule has 0 aliphatic heterocycles. The molecule has 0 aliphatic rings. The van der Waals surface area contributed by atoms with Crippen LogP contribution in [0, 0.1) is 0 Å². The highest BCUT2D eigenvalue weighted by Crippen LogP contribution is 2.47. The molecule has 4 aromatic rings. The van der Waals surface area contributed by atoms with Crippen LogP contribution in [0.4, 0.5) is 0 Å². The molecule has 4 rings (SSSR count). The van der Waals surface area contributed by atoms with E-state index in [0.717, 1.165) is 22.4 Å². The molecule has 0 aliphatic carbocycles. The molecule has 168 valence electrons. The topological polar surface area (TPSA) is 81.0 Å². The number of ether oxygens (including phenoxy) is 1. The van der Waals surface area contributed by atoms with Crippen LogP contribution in [0.25, 0.3) is 0 Å². The van der Waals surface area contributed by atoms with Crippen molar-refractivity contribution in [2.24, 2.45) is 5.73 Å².